The van der Waals surface area contributed by atoms with E-state index in [1.165, 1.54) is 0 Å². The largest absolute Gasteiger partial charge is 0.507 e. The second-order valence-electron chi connectivity index (χ2n) is 5.22. The van der Waals surface area contributed by atoms with E-state index in [0.717, 1.165) is 33.4 Å². The zero-order valence-electron chi connectivity index (χ0n) is 10.6. The average molecular weight is 240 g/mol. The van der Waals surface area contributed by atoms with Gasteiger partial charge < -0.3 is 10.2 Å². The number of benzene rings is 2. The molecule has 2 N–H and O–H groups in total. The SMILES string of the molecule is Cc1cc2c(O)c(c1)Cc1cc(C)cc(c1O)C2. The van der Waals surface area contributed by atoms with Gasteiger partial charge in [-0.15, -0.1) is 0 Å². The van der Waals surface area contributed by atoms with Crippen molar-refractivity contribution in [1.29, 1.82) is 0 Å². The minimum Gasteiger partial charge on any atom is -0.507 e. The van der Waals surface area contributed by atoms with Crippen LogP contribution in [0.1, 0.15) is 33.4 Å². The monoisotopic (exact) mass is 240 g/mol. The second kappa shape index (κ2) is 3.77. The van der Waals surface area contributed by atoms with Crippen molar-refractivity contribution in [2.75, 3.05) is 0 Å². The van der Waals surface area contributed by atoms with E-state index in [1.54, 1.807) is 0 Å². The van der Waals surface area contributed by atoms with E-state index < -0.39 is 0 Å². The Morgan fingerprint density at radius 2 is 0.944 bits per heavy atom. The van der Waals surface area contributed by atoms with Gasteiger partial charge in [0.2, 0.25) is 0 Å². The molecule has 3 rings (SSSR count). The predicted molar refractivity (Wildman–Crippen MR) is 71.3 cm³/mol. The first-order valence-electron chi connectivity index (χ1n) is 6.17. The Morgan fingerprint density at radius 1 is 0.667 bits per heavy atom. The van der Waals surface area contributed by atoms with Gasteiger partial charge in [-0.1, -0.05) is 35.4 Å². The van der Waals surface area contributed by atoms with Crippen LogP contribution < -0.4 is 0 Å². The molecule has 0 amide bonds. The van der Waals surface area contributed by atoms with E-state index in [2.05, 4.69) is 0 Å². The fourth-order valence-corrected chi connectivity index (χ4v) is 2.82. The summed E-state index contributed by atoms with van der Waals surface area (Å²) in [4.78, 5) is 0. The summed E-state index contributed by atoms with van der Waals surface area (Å²) in [6.07, 6.45) is 1.17. The van der Waals surface area contributed by atoms with Gasteiger partial charge in [-0.2, -0.15) is 0 Å². The molecule has 2 aromatic rings. The van der Waals surface area contributed by atoms with Crippen LogP contribution in [-0.4, -0.2) is 10.2 Å². The molecule has 2 nitrogen and oxygen atoms in total. The van der Waals surface area contributed by atoms with Gasteiger partial charge in [-0.05, 0) is 36.1 Å². The Balaban J connectivity index is 2.27. The zero-order chi connectivity index (χ0) is 12.9. The van der Waals surface area contributed by atoms with Crippen molar-refractivity contribution in [2.45, 2.75) is 26.7 Å². The summed E-state index contributed by atoms with van der Waals surface area (Å²) in [7, 11) is 0. The van der Waals surface area contributed by atoms with E-state index in [-0.39, 0.29) is 0 Å². The van der Waals surface area contributed by atoms with E-state index in [0.29, 0.717) is 24.3 Å². The van der Waals surface area contributed by atoms with Crippen molar-refractivity contribution in [2.24, 2.45) is 0 Å². The average Bonchev–Trinajstić information content (AvgIpc) is 2.30. The number of rotatable bonds is 0. The minimum absolute atomic E-state index is 0.379. The Morgan fingerprint density at radius 3 is 1.22 bits per heavy atom. The van der Waals surface area contributed by atoms with Gasteiger partial charge in [0.05, 0.1) is 0 Å². The molecular formula is C16H16O2. The number of hydrogen-bond acceptors (Lipinski definition) is 2. The quantitative estimate of drug-likeness (QED) is 0.633. The molecule has 0 radical (unpaired) electrons. The van der Waals surface area contributed by atoms with Crippen LogP contribution in [0.3, 0.4) is 0 Å². The third kappa shape index (κ3) is 1.65. The molecule has 2 heteroatoms. The third-order valence-corrected chi connectivity index (χ3v) is 3.59. The van der Waals surface area contributed by atoms with Crippen LogP contribution in [0.15, 0.2) is 24.3 Å². The normalized spacial score (nSPS) is 13.0. The third-order valence-electron chi connectivity index (χ3n) is 3.59. The summed E-state index contributed by atoms with van der Waals surface area (Å²) >= 11 is 0. The first-order valence-corrected chi connectivity index (χ1v) is 6.17. The molecule has 0 aromatic heterocycles. The van der Waals surface area contributed by atoms with Crippen LogP contribution in [0.2, 0.25) is 0 Å². The Kier molecular flexibility index (Phi) is 2.34. The highest BCUT2D eigenvalue weighted by Crippen LogP contribution is 2.37. The molecule has 2 aromatic carbocycles. The van der Waals surface area contributed by atoms with Gasteiger partial charge in [0.15, 0.2) is 0 Å². The number of aryl methyl sites for hydroxylation is 2. The Hall–Kier alpha value is -1.96. The van der Waals surface area contributed by atoms with Gasteiger partial charge in [-0.3, -0.25) is 0 Å². The summed E-state index contributed by atoms with van der Waals surface area (Å²) in [5.41, 5.74) is 5.90. The molecule has 0 atom stereocenters. The minimum atomic E-state index is 0.379. The highest BCUT2D eigenvalue weighted by Gasteiger charge is 2.18. The summed E-state index contributed by atoms with van der Waals surface area (Å²) < 4.78 is 0. The number of phenolic OH excluding ortho intramolecular Hbond substituents is 2. The summed E-state index contributed by atoms with van der Waals surface area (Å²) in [6, 6.07) is 7.97. The Bertz CT molecular complexity index is 538. The van der Waals surface area contributed by atoms with Crippen molar-refractivity contribution in [3.05, 3.63) is 57.6 Å². The summed E-state index contributed by atoms with van der Waals surface area (Å²) in [5, 5.41) is 20.5. The van der Waals surface area contributed by atoms with Gasteiger partial charge in [0, 0.05) is 12.8 Å². The lowest BCUT2D eigenvalue weighted by Crippen LogP contribution is -2.02. The highest BCUT2D eigenvalue weighted by atomic mass is 16.3. The molecule has 0 saturated carbocycles. The van der Waals surface area contributed by atoms with Gasteiger partial charge in [0.1, 0.15) is 11.5 Å². The molecule has 0 unspecified atom stereocenters. The van der Waals surface area contributed by atoms with Crippen LogP contribution >= 0.6 is 0 Å². The smallest absolute Gasteiger partial charge is 0.122 e. The van der Waals surface area contributed by atoms with Crippen LogP contribution in [0.25, 0.3) is 0 Å². The molecule has 4 bridgehead atoms. The molecule has 0 heterocycles. The molecule has 1 aliphatic rings. The fourth-order valence-electron chi connectivity index (χ4n) is 2.82. The molecule has 0 saturated heterocycles. The molecule has 92 valence electrons. The molecule has 18 heavy (non-hydrogen) atoms. The maximum Gasteiger partial charge on any atom is 0.122 e. The van der Waals surface area contributed by atoms with Crippen LogP contribution in [0, 0.1) is 13.8 Å². The maximum atomic E-state index is 10.2. The van der Waals surface area contributed by atoms with Gasteiger partial charge in [0.25, 0.3) is 0 Å². The van der Waals surface area contributed by atoms with Crippen molar-refractivity contribution in [3.63, 3.8) is 0 Å². The van der Waals surface area contributed by atoms with Crippen molar-refractivity contribution < 1.29 is 10.2 Å². The molecule has 1 aliphatic carbocycles. The Labute approximate surface area is 107 Å². The molecule has 0 aliphatic heterocycles. The van der Waals surface area contributed by atoms with Crippen LogP contribution in [0.4, 0.5) is 0 Å². The number of fused-ring (bicyclic) bond motifs is 4. The highest BCUT2D eigenvalue weighted by molar-refractivity contribution is 5.55. The standard InChI is InChI=1S/C16H16O2/c1-9-3-11-7-13-5-10(2)6-14(16(13)18)8-12(4-9)15(11)17/h3-6,17-18H,7-8H2,1-2H3. The number of aromatic hydroxyl groups is 2. The van der Waals surface area contributed by atoms with E-state index in [4.69, 9.17) is 0 Å². The zero-order valence-corrected chi connectivity index (χ0v) is 10.6. The lowest BCUT2D eigenvalue weighted by atomic mass is 9.89. The summed E-state index contributed by atoms with van der Waals surface area (Å²) in [5.74, 6) is 0.758. The van der Waals surface area contributed by atoms with Crippen LogP contribution in [0.5, 0.6) is 11.5 Å². The van der Waals surface area contributed by atoms with Crippen molar-refractivity contribution in [1.82, 2.24) is 0 Å². The number of phenols is 2. The lowest BCUT2D eigenvalue weighted by molar-refractivity contribution is 0.449. The molecule has 0 spiro atoms. The number of hydrogen-bond donors (Lipinski definition) is 2. The first-order chi connectivity index (χ1) is 8.54. The second-order valence-corrected chi connectivity index (χ2v) is 5.22. The van der Waals surface area contributed by atoms with E-state index >= 15 is 0 Å². The van der Waals surface area contributed by atoms with Crippen molar-refractivity contribution in [3.8, 4) is 11.5 Å². The van der Waals surface area contributed by atoms with E-state index in [9.17, 15) is 10.2 Å². The fraction of sp³-hybridized carbons (Fsp3) is 0.250. The van der Waals surface area contributed by atoms with Crippen molar-refractivity contribution >= 4 is 0 Å². The molecular weight excluding hydrogens is 224 g/mol. The van der Waals surface area contributed by atoms with Gasteiger partial charge in [-0.25, -0.2) is 0 Å². The topological polar surface area (TPSA) is 40.5 Å². The molecule has 0 fully saturated rings. The van der Waals surface area contributed by atoms with Crippen LogP contribution in [-0.2, 0) is 12.8 Å². The predicted octanol–water partition coefficient (Wildman–Crippen LogP) is 3.21. The summed E-state index contributed by atoms with van der Waals surface area (Å²) in [6.45, 7) is 4.07. The van der Waals surface area contributed by atoms with Gasteiger partial charge >= 0.3 is 0 Å². The first kappa shape index (κ1) is 11.1. The lowest BCUT2D eigenvalue weighted by Gasteiger charge is -2.19. The van der Waals surface area contributed by atoms with E-state index in [1.807, 2.05) is 38.1 Å². The maximum absolute atomic E-state index is 10.2.